The van der Waals surface area contributed by atoms with Crippen LogP contribution in [0, 0.1) is 6.92 Å². The smallest absolute Gasteiger partial charge is 0.167 e. The average Bonchev–Trinajstić information content (AvgIpc) is 2.89. The van der Waals surface area contributed by atoms with Crippen LogP contribution in [0.25, 0.3) is 16.6 Å². The highest BCUT2D eigenvalue weighted by Gasteiger charge is 2.14. The third-order valence-corrected chi connectivity index (χ3v) is 4.34. The van der Waals surface area contributed by atoms with Gasteiger partial charge in [0.15, 0.2) is 6.29 Å². The van der Waals surface area contributed by atoms with Crippen LogP contribution in [0.1, 0.15) is 23.0 Å². The minimum atomic E-state index is 0.618. The Morgan fingerprint density at radius 1 is 1.27 bits per heavy atom. The normalized spacial score (nSPS) is 10.9. The first-order valence-electron chi connectivity index (χ1n) is 7.14. The summed E-state index contributed by atoms with van der Waals surface area (Å²) < 4.78 is 8.36. The molecular formula is C18H16BrNO2. The molecule has 0 radical (unpaired) electrons. The van der Waals surface area contributed by atoms with Crippen LogP contribution in [0.4, 0.5) is 0 Å². The maximum Gasteiger partial charge on any atom is 0.167 e. The number of ether oxygens (including phenoxy) is 1. The van der Waals surface area contributed by atoms with E-state index in [0.717, 1.165) is 38.7 Å². The maximum absolute atomic E-state index is 11.6. The molecule has 2 heterocycles. The molecule has 2 aromatic heterocycles. The number of carbonyl (C=O) groups excluding carboxylic acids is 1. The summed E-state index contributed by atoms with van der Waals surface area (Å²) in [6.07, 6.45) is 2.82. The quantitative estimate of drug-likeness (QED) is 0.622. The van der Waals surface area contributed by atoms with Crippen molar-refractivity contribution in [3.63, 3.8) is 0 Å². The van der Waals surface area contributed by atoms with Crippen molar-refractivity contribution < 1.29 is 9.53 Å². The van der Waals surface area contributed by atoms with Crippen molar-refractivity contribution in [2.45, 2.75) is 13.8 Å². The Labute approximate surface area is 137 Å². The highest BCUT2D eigenvalue weighted by Crippen LogP contribution is 2.34. The lowest BCUT2D eigenvalue weighted by atomic mass is 10.1. The molecule has 0 unspecified atom stereocenters. The number of hydrogen-bond donors (Lipinski definition) is 0. The Morgan fingerprint density at radius 3 is 2.77 bits per heavy atom. The maximum atomic E-state index is 11.6. The van der Waals surface area contributed by atoms with E-state index >= 15 is 0 Å². The van der Waals surface area contributed by atoms with Crippen LogP contribution < -0.4 is 4.74 Å². The fourth-order valence-electron chi connectivity index (χ4n) is 2.66. The van der Waals surface area contributed by atoms with E-state index < -0.39 is 0 Å². The van der Waals surface area contributed by atoms with Gasteiger partial charge < -0.3 is 9.14 Å². The van der Waals surface area contributed by atoms with Gasteiger partial charge in [-0.25, -0.2) is 0 Å². The van der Waals surface area contributed by atoms with Crippen LogP contribution in [0.2, 0.25) is 0 Å². The molecule has 0 spiro atoms. The number of carbonyl (C=O) groups is 1. The van der Waals surface area contributed by atoms with Gasteiger partial charge in [-0.1, -0.05) is 12.1 Å². The van der Waals surface area contributed by atoms with Gasteiger partial charge in [0, 0.05) is 17.3 Å². The van der Waals surface area contributed by atoms with Gasteiger partial charge in [0.2, 0.25) is 0 Å². The molecule has 4 heteroatoms. The van der Waals surface area contributed by atoms with E-state index in [4.69, 9.17) is 4.74 Å². The Kier molecular flexibility index (Phi) is 4.03. The van der Waals surface area contributed by atoms with Crippen molar-refractivity contribution >= 4 is 27.7 Å². The van der Waals surface area contributed by atoms with Crippen molar-refractivity contribution in [3.8, 4) is 16.9 Å². The van der Waals surface area contributed by atoms with Crippen molar-refractivity contribution in [2.75, 3.05) is 6.61 Å². The van der Waals surface area contributed by atoms with Gasteiger partial charge >= 0.3 is 0 Å². The topological polar surface area (TPSA) is 30.7 Å². The molecule has 0 fully saturated rings. The van der Waals surface area contributed by atoms with E-state index in [1.54, 1.807) is 0 Å². The zero-order chi connectivity index (χ0) is 15.7. The Hall–Kier alpha value is -2.07. The number of hydrogen-bond acceptors (Lipinski definition) is 2. The van der Waals surface area contributed by atoms with Crippen molar-refractivity contribution in [3.05, 3.63) is 58.3 Å². The Balaban J connectivity index is 2.20. The molecule has 0 aliphatic heterocycles. The number of nitrogens with zero attached hydrogens (tertiary/aromatic N) is 1. The van der Waals surface area contributed by atoms with Crippen LogP contribution in [-0.4, -0.2) is 17.3 Å². The molecule has 0 saturated carbocycles. The molecule has 3 nitrogen and oxygen atoms in total. The second-order valence-corrected chi connectivity index (χ2v) is 5.94. The first kappa shape index (κ1) is 14.9. The van der Waals surface area contributed by atoms with E-state index in [9.17, 15) is 4.79 Å². The lowest BCUT2D eigenvalue weighted by Crippen LogP contribution is -1.94. The first-order chi connectivity index (χ1) is 10.7. The molecule has 0 amide bonds. The summed E-state index contributed by atoms with van der Waals surface area (Å²) >= 11 is 3.53. The molecule has 3 aromatic rings. The molecule has 0 atom stereocenters. The predicted molar refractivity (Wildman–Crippen MR) is 91.8 cm³/mol. The molecule has 1 aromatic carbocycles. The standard InChI is InChI=1S/C18H16BrNO2/c1-3-22-18-7-6-13(9-15(18)19)14-10-16-12(2)5-4-8-20(16)17(14)11-21/h4-11H,3H2,1-2H3. The summed E-state index contributed by atoms with van der Waals surface area (Å²) in [6.45, 7) is 4.61. The Morgan fingerprint density at radius 2 is 2.09 bits per heavy atom. The zero-order valence-electron chi connectivity index (χ0n) is 12.5. The average molecular weight is 358 g/mol. The lowest BCUT2D eigenvalue weighted by molar-refractivity contribution is 0.111. The molecule has 0 bridgehead atoms. The molecule has 112 valence electrons. The summed E-state index contributed by atoms with van der Waals surface area (Å²) in [5.74, 6) is 0.804. The predicted octanol–water partition coefficient (Wildman–Crippen LogP) is 4.89. The fourth-order valence-corrected chi connectivity index (χ4v) is 3.15. The van der Waals surface area contributed by atoms with Gasteiger partial charge in [-0.2, -0.15) is 0 Å². The van der Waals surface area contributed by atoms with E-state index in [1.165, 1.54) is 0 Å². The number of aromatic nitrogens is 1. The monoisotopic (exact) mass is 357 g/mol. The first-order valence-corrected chi connectivity index (χ1v) is 7.93. The molecule has 0 saturated heterocycles. The minimum Gasteiger partial charge on any atom is -0.493 e. The molecule has 3 rings (SSSR count). The number of fused-ring (bicyclic) bond motifs is 1. The number of halogens is 1. The summed E-state index contributed by atoms with van der Waals surface area (Å²) in [6, 6.07) is 11.9. The molecule has 22 heavy (non-hydrogen) atoms. The molecule has 0 N–H and O–H groups in total. The van der Waals surface area contributed by atoms with Crippen LogP contribution in [-0.2, 0) is 0 Å². The number of rotatable bonds is 4. The van der Waals surface area contributed by atoms with Gasteiger partial charge in [-0.15, -0.1) is 0 Å². The second kappa shape index (κ2) is 5.97. The summed E-state index contributed by atoms with van der Waals surface area (Å²) in [4.78, 5) is 11.6. The van der Waals surface area contributed by atoms with Crippen LogP contribution in [0.5, 0.6) is 5.75 Å². The number of benzene rings is 1. The van der Waals surface area contributed by atoms with Gasteiger partial charge in [0.1, 0.15) is 5.75 Å². The van der Waals surface area contributed by atoms with Gasteiger partial charge in [0.05, 0.1) is 16.8 Å². The second-order valence-electron chi connectivity index (χ2n) is 5.09. The van der Waals surface area contributed by atoms with E-state index in [1.807, 2.05) is 54.8 Å². The van der Waals surface area contributed by atoms with Crippen molar-refractivity contribution in [1.82, 2.24) is 4.40 Å². The SMILES string of the molecule is CCOc1ccc(-c2cc3c(C)cccn3c2C=O)cc1Br. The third kappa shape index (κ3) is 2.44. The molecule has 0 aliphatic rings. The number of aryl methyl sites for hydroxylation is 1. The largest absolute Gasteiger partial charge is 0.493 e. The van der Waals surface area contributed by atoms with E-state index in [2.05, 4.69) is 22.0 Å². The summed E-state index contributed by atoms with van der Waals surface area (Å²) in [7, 11) is 0. The van der Waals surface area contributed by atoms with Crippen LogP contribution in [0.3, 0.4) is 0 Å². The van der Waals surface area contributed by atoms with Crippen molar-refractivity contribution in [2.24, 2.45) is 0 Å². The summed E-state index contributed by atoms with van der Waals surface area (Å²) in [5, 5.41) is 0. The zero-order valence-corrected chi connectivity index (χ0v) is 14.1. The van der Waals surface area contributed by atoms with E-state index in [0.29, 0.717) is 12.3 Å². The van der Waals surface area contributed by atoms with Gasteiger partial charge in [0.25, 0.3) is 0 Å². The Bertz CT molecular complexity index is 852. The van der Waals surface area contributed by atoms with Gasteiger partial charge in [-0.3, -0.25) is 4.79 Å². The minimum absolute atomic E-state index is 0.618. The van der Waals surface area contributed by atoms with E-state index in [-0.39, 0.29) is 0 Å². The number of aldehydes is 1. The van der Waals surface area contributed by atoms with Gasteiger partial charge in [-0.05, 0) is 65.2 Å². The van der Waals surface area contributed by atoms with Crippen LogP contribution >= 0.6 is 15.9 Å². The third-order valence-electron chi connectivity index (χ3n) is 3.72. The lowest BCUT2D eigenvalue weighted by Gasteiger charge is -2.08. The number of pyridine rings is 1. The highest BCUT2D eigenvalue weighted by atomic mass is 79.9. The van der Waals surface area contributed by atoms with Crippen LogP contribution in [0.15, 0.2) is 47.1 Å². The summed E-state index contributed by atoms with van der Waals surface area (Å²) in [5.41, 5.74) is 4.76. The molecule has 0 aliphatic carbocycles. The van der Waals surface area contributed by atoms with Crippen molar-refractivity contribution in [1.29, 1.82) is 0 Å². The highest BCUT2D eigenvalue weighted by molar-refractivity contribution is 9.10. The molecular weight excluding hydrogens is 342 g/mol. The fraction of sp³-hybridized carbons (Fsp3) is 0.167.